The highest BCUT2D eigenvalue weighted by atomic mass is 31.2. The average molecular weight is 1170 g/mol. The zero-order valence-electron chi connectivity index (χ0n) is 44.2. The zero-order valence-corrected chi connectivity index (χ0v) is 45.1. The Balaban J connectivity index is 6.81. The molecule has 32 nitrogen and oxygen atoms in total. The molecule has 0 unspecified atom stereocenters. The molecular weight excluding hydrogens is 1090 g/mol. The van der Waals surface area contributed by atoms with Gasteiger partial charge in [0.15, 0.2) is 23.1 Å². The Morgan fingerprint density at radius 1 is 0.438 bits per heavy atom. The van der Waals surface area contributed by atoms with Crippen LogP contribution >= 0.6 is 7.82 Å². The number of phosphoric acid groups is 1. The Hall–Kier alpha value is -7.12. The van der Waals surface area contributed by atoms with Gasteiger partial charge in [0.25, 0.3) is 0 Å². The first-order valence-corrected chi connectivity index (χ1v) is 26.7. The van der Waals surface area contributed by atoms with E-state index in [1.165, 1.54) is 14.0 Å². The van der Waals surface area contributed by atoms with Crippen LogP contribution in [0.3, 0.4) is 0 Å². The van der Waals surface area contributed by atoms with Crippen LogP contribution in [0, 0.1) is 23.7 Å². The van der Waals surface area contributed by atoms with Gasteiger partial charge in [-0.15, -0.1) is 0 Å². The van der Waals surface area contributed by atoms with Gasteiger partial charge in [-0.25, -0.2) is 4.57 Å². The minimum atomic E-state index is -5.09. The van der Waals surface area contributed by atoms with Gasteiger partial charge in [-0.05, 0) is 64.3 Å². The molecule has 33 heteroatoms. The summed E-state index contributed by atoms with van der Waals surface area (Å²) in [6.07, 6.45) is -10.8. The van der Waals surface area contributed by atoms with Gasteiger partial charge in [0.2, 0.25) is 29.5 Å². The van der Waals surface area contributed by atoms with Gasteiger partial charge in [0, 0.05) is 89.0 Å². The number of carbonyl (C=O) groups is 15. The summed E-state index contributed by atoms with van der Waals surface area (Å²) in [6, 6.07) is -8.09. The minimum Gasteiger partial charge on any atom is -0.481 e. The molecule has 0 saturated carbocycles. The number of carboxylic acid groups (broad SMARTS) is 6. The number of carbonyl (C=O) groups excluding carboxylic acids is 9. The van der Waals surface area contributed by atoms with E-state index in [-0.39, 0.29) is 19.4 Å². The van der Waals surface area contributed by atoms with E-state index in [1.807, 2.05) is 0 Å². The van der Waals surface area contributed by atoms with Crippen molar-refractivity contribution in [3.63, 3.8) is 0 Å². The van der Waals surface area contributed by atoms with Gasteiger partial charge in [-0.3, -0.25) is 76.4 Å². The molecule has 0 saturated heterocycles. The Labute approximate surface area is 457 Å². The normalized spacial score (nSPS) is 14.6. The number of ketones is 4. The van der Waals surface area contributed by atoms with Crippen molar-refractivity contribution >= 4 is 96.3 Å². The second kappa shape index (κ2) is 37.7. The summed E-state index contributed by atoms with van der Waals surface area (Å²) in [5.41, 5.74) is 11.3. The van der Waals surface area contributed by atoms with Crippen LogP contribution in [-0.2, 0) is 81.0 Å². The molecule has 0 rings (SSSR count). The van der Waals surface area contributed by atoms with E-state index in [1.54, 1.807) is 0 Å². The number of phosphoric ester groups is 1. The number of hydrogen-bond acceptors (Lipinski definition) is 19. The molecule has 80 heavy (non-hydrogen) atoms. The summed E-state index contributed by atoms with van der Waals surface area (Å²) in [4.78, 5) is 209. The first-order valence-electron chi connectivity index (χ1n) is 25.2. The summed E-state index contributed by atoms with van der Waals surface area (Å²) in [7, 11) is -3.90. The minimum absolute atomic E-state index is 0.0464. The summed E-state index contributed by atoms with van der Waals surface area (Å²) in [5, 5.41) is 67.6. The van der Waals surface area contributed by atoms with E-state index in [9.17, 15) is 102 Å². The van der Waals surface area contributed by atoms with Crippen LogP contribution < -0.4 is 38.1 Å². The maximum Gasteiger partial charge on any atom is 0.469 e. The number of amides is 5. The van der Waals surface area contributed by atoms with Crippen molar-refractivity contribution in [1.82, 2.24) is 26.6 Å². The second-order valence-corrected chi connectivity index (χ2v) is 20.0. The fourth-order valence-corrected chi connectivity index (χ4v) is 8.06. The molecule has 0 aromatic rings. The Kier molecular flexibility index (Phi) is 34.3. The maximum absolute atomic E-state index is 14.0. The molecule has 17 N–H and O–H groups in total. The van der Waals surface area contributed by atoms with E-state index in [0.29, 0.717) is 6.42 Å². The molecule has 0 fully saturated rings. The zero-order chi connectivity index (χ0) is 61.4. The third kappa shape index (κ3) is 32.1. The summed E-state index contributed by atoms with van der Waals surface area (Å²) >= 11 is 0. The molecule has 5 amide bonds. The number of nitrogens with one attached hydrogen (secondary N) is 5. The first-order chi connectivity index (χ1) is 37.2. The van der Waals surface area contributed by atoms with Crippen molar-refractivity contribution < 1.29 is 121 Å². The van der Waals surface area contributed by atoms with Gasteiger partial charge >= 0.3 is 43.6 Å². The highest BCUT2D eigenvalue weighted by Gasteiger charge is 2.36. The van der Waals surface area contributed by atoms with Gasteiger partial charge in [0.1, 0.15) is 0 Å². The van der Waals surface area contributed by atoms with Crippen LogP contribution in [0.2, 0.25) is 0 Å². The highest BCUT2D eigenvalue weighted by Crippen LogP contribution is 2.36. The molecule has 0 aliphatic heterocycles. The lowest BCUT2D eigenvalue weighted by molar-refractivity contribution is -0.141. The van der Waals surface area contributed by atoms with Crippen LogP contribution in [0.15, 0.2) is 0 Å². The quantitative estimate of drug-likeness (QED) is 0.0226. The summed E-state index contributed by atoms with van der Waals surface area (Å²) in [5.74, 6) is -24.0. The molecular formula is C47H74N7O25P. The summed E-state index contributed by atoms with van der Waals surface area (Å²) in [6.45, 7) is 0.521. The molecule has 0 spiro atoms. The number of nitrogens with two attached hydrogens (primary N) is 2. The molecule has 0 aromatic heterocycles. The molecule has 0 heterocycles. The fraction of sp³-hybridized carbons (Fsp3) is 0.681. The second-order valence-electron chi connectivity index (χ2n) is 18.8. The predicted octanol–water partition coefficient (Wildman–Crippen LogP) is -2.25. The van der Waals surface area contributed by atoms with Crippen LogP contribution in [0.4, 0.5) is 0 Å². The SMILES string of the molecule is CNC(=O)[C@H](COP(=O)(O)O)CC(=O)[C@H](CCCCN)NC(=O)[C@H](C)CC(=O)[C@H](CCC(=O)O)NC(=O)[C@H](CCC(=O)O)CC(=O)[C@H](CCC(=O)O)NC(=O)[C@H](CCC(=O)O)CC(=O)[C@H](CCC(=O)O)NC(=O)[C@@H](N)CCC(=O)O. The Morgan fingerprint density at radius 3 is 1.12 bits per heavy atom. The molecule has 0 aromatic carbocycles. The largest absolute Gasteiger partial charge is 0.481 e. The highest BCUT2D eigenvalue weighted by molar-refractivity contribution is 7.46. The number of rotatable bonds is 46. The average Bonchev–Trinajstić information content (AvgIpc) is 3.36. The number of aliphatic carboxylic acids is 6. The van der Waals surface area contributed by atoms with Crippen molar-refractivity contribution in [1.29, 1.82) is 0 Å². The van der Waals surface area contributed by atoms with Crippen molar-refractivity contribution in [3.8, 4) is 0 Å². The lowest BCUT2D eigenvalue weighted by atomic mass is 9.89. The van der Waals surface area contributed by atoms with E-state index < -0.39 is 260 Å². The van der Waals surface area contributed by atoms with E-state index >= 15 is 0 Å². The van der Waals surface area contributed by atoms with Crippen LogP contribution in [0.5, 0.6) is 0 Å². The van der Waals surface area contributed by atoms with Gasteiger partial charge < -0.3 is 78.5 Å². The van der Waals surface area contributed by atoms with Crippen molar-refractivity contribution in [2.24, 2.45) is 35.1 Å². The first kappa shape index (κ1) is 72.9. The predicted molar refractivity (Wildman–Crippen MR) is 270 cm³/mol. The van der Waals surface area contributed by atoms with Crippen molar-refractivity contribution in [2.45, 2.75) is 159 Å². The molecule has 452 valence electrons. The van der Waals surface area contributed by atoms with Crippen LogP contribution in [-0.4, -0.2) is 179 Å². The van der Waals surface area contributed by atoms with E-state index in [0.717, 1.165) is 0 Å². The molecule has 0 radical (unpaired) electrons. The monoisotopic (exact) mass is 1170 g/mol. The van der Waals surface area contributed by atoms with Crippen LogP contribution in [0.25, 0.3) is 0 Å². The standard InChI is InChI=1S/C47H74N7O25P/c1-24(43(71)51-29(5-3-4-18-48)36(58)22-27(44(72)50-2)23-79-80(76,77)78)19-33(55)30(9-15-40(65)66)52-45(73)25(6-12-37(59)60)20-34(56)31(10-16-41(67)68)53-46(74)26(7-13-38(61)62)21-35(57)32(11-17-42(69)70)54-47(75)28(49)8-14-39(63)64/h24-32H,3-23,48-49H2,1-2H3,(H,50,72)(H,51,71)(H,52,73)(H,53,74)(H,54,75)(H,59,60)(H,61,62)(H,63,64)(H,65,66)(H,67,68)(H,69,70)(H2,76,77,78)/t24-,25-,26-,27+,28+,29+,30+,31+,32+/m1/s1. The molecule has 0 bridgehead atoms. The number of carboxylic acids is 6. The van der Waals surface area contributed by atoms with Crippen molar-refractivity contribution in [3.05, 3.63) is 0 Å². The number of Topliss-reactive ketones (excluding diaryl/α,β-unsaturated/α-hetero) is 4. The molecule has 0 aliphatic rings. The van der Waals surface area contributed by atoms with Gasteiger partial charge in [-0.2, -0.15) is 0 Å². The topological polar surface area (TPSA) is 556 Å². The fourth-order valence-electron chi connectivity index (χ4n) is 7.69. The van der Waals surface area contributed by atoms with Crippen LogP contribution in [0.1, 0.15) is 129 Å². The smallest absolute Gasteiger partial charge is 0.469 e. The van der Waals surface area contributed by atoms with Gasteiger partial charge in [0.05, 0.1) is 42.7 Å². The third-order valence-electron chi connectivity index (χ3n) is 12.2. The lowest BCUT2D eigenvalue weighted by Gasteiger charge is -2.26. The Bertz CT molecular complexity index is 2280. The van der Waals surface area contributed by atoms with Crippen molar-refractivity contribution in [2.75, 3.05) is 20.2 Å². The number of hydrogen-bond donors (Lipinski definition) is 15. The van der Waals surface area contributed by atoms with Gasteiger partial charge in [-0.1, -0.05) is 6.92 Å². The lowest BCUT2D eigenvalue weighted by Crippen LogP contribution is -2.50. The summed E-state index contributed by atoms with van der Waals surface area (Å²) < 4.78 is 15.7. The molecule has 9 atom stereocenters. The van der Waals surface area contributed by atoms with E-state index in [2.05, 4.69) is 31.1 Å². The van der Waals surface area contributed by atoms with E-state index in [4.69, 9.17) is 26.4 Å². The third-order valence-corrected chi connectivity index (χ3v) is 12.7. The Morgan fingerprint density at radius 2 is 0.762 bits per heavy atom. The number of unbranched alkanes of at least 4 members (excludes halogenated alkanes) is 1. The molecule has 0 aliphatic carbocycles. The maximum atomic E-state index is 14.0.